The second-order valence-corrected chi connectivity index (χ2v) is 8.01. The van der Waals surface area contributed by atoms with Gasteiger partial charge in [0.1, 0.15) is 5.01 Å². The molecule has 0 radical (unpaired) electrons. The molecule has 1 aliphatic carbocycles. The van der Waals surface area contributed by atoms with E-state index < -0.39 is 10.0 Å². The summed E-state index contributed by atoms with van der Waals surface area (Å²) in [4.78, 5) is 4.44. The van der Waals surface area contributed by atoms with Crippen molar-refractivity contribution in [3.63, 3.8) is 0 Å². The molecular formula is C16H18N2O2S2. The Hall–Kier alpha value is -1.50. The van der Waals surface area contributed by atoms with Gasteiger partial charge in [0.15, 0.2) is 0 Å². The quantitative estimate of drug-likeness (QED) is 0.879. The number of aromatic nitrogens is 1. The van der Waals surface area contributed by atoms with E-state index in [-0.39, 0.29) is 6.04 Å². The van der Waals surface area contributed by atoms with Gasteiger partial charge in [-0.15, -0.1) is 11.3 Å². The van der Waals surface area contributed by atoms with Crippen LogP contribution in [0.2, 0.25) is 0 Å². The van der Waals surface area contributed by atoms with Crippen molar-refractivity contribution in [2.24, 2.45) is 5.92 Å². The fourth-order valence-corrected chi connectivity index (χ4v) is 4.33. The second kappa shape index (κ2) is 6.32. The minimum absolute atomic E-state index is 0.205. The number of aryl methyl sites for hydroxylation is 1. The second-order valence-electron chi connectivity index (χ2n) is 5.52. The molecule has 6 heteroatoms. The summed E-state index contributed by atoms with van der Waals surface area (Å²) in [7, 11) is -3.49. The van der Waals surface area contributed by atoms with Crippen LogP contribution in [-0.4, -0.2) is 13.4 Å². The Morgan fingerprint density at radius 3 is 2.64 bits per heavy atom. The highest BCUT2D eigenvalue weighted by Gasteiger charge is 2.36. The van der Waals surface area contributed by atoms with E-state index in [4.69, 9.17) is 0 Å². The molecule has 4 nitrogen and oxygen atoms in total. The van der Waals surface area contributed by atoms with Gasteiger partial charge in [-0.05, 0) is 37.3 Å². The molecule has 0 aliphatic heterocycles. The minimum Gasteiger partial charge on any atom is -0.245 e. The van der Waals surface area contributed by atoms with Gasteiger partial charge in [0.2, 0.25) is 10.0 Å². The Morgan fingerprint density at radius 2 is 2.05 bits per heavy atom. The fraction of sp³-hybridized carbons (Fsp3) is 0.312. The lowest BCUT2D eigenvalue weighted by atomic mass is 10.2. The van der Waals surface area contributed by atoms with Crippen molar-refractivity contribution in [3.8, 4) is 0 Å². The summed E-state index contributed by atoms with van der Waals surface area (Å²) in [6.07, 6.45) is 3.71. The number of nitrogens with one attached hydrogen (secondary N) is 1. The van der Waals surface area contributed by atoms with Crippen LogP contribution < -0.4 is 4.72 Å². The van der Waals surface area contributed by atoms with E-state index in [2.05, 4.69) is 9.71 Å². The Labute approximate surface area is 135 Å². The molecule has 22 heavy (non-hydrogen) atoms. The van der Waals surface area contributed by atoms with E-state index in [1.807, 2.05) is 42.6 Å². The van der Waals surface area contributed by atoms with Crippen LogP contribution in [0.25, 0.3) is 6.08 Å². The van der Waals surface area contributed by atoms with Crippen LogP contribution >= 0.6 is 11.3 Å². The molecule has 0 bridgehead atoms. The number of hydrogen-bond acceptors (Lipinski definition) is 4. The van der Waals surface area contributed by atoms with Crippen molar-refractivity contribution in [3.05, 3.63) is 57.4 Å². The van der Waals surface area contributed by atoms with Crippen LogP contribution in [-0.2, 0) is 10.0 Å². The SMILES string of the molecule is Cc1csc([C@H](NS(=O)(=O)/C=C\c2ccccc2)C2CC2)n1. The number of hydrogen-bond donors (Lipinski definition) is 1. The van der Waals surface area contributed by atoms with E-state index >= 15 is 0 Å². The molecule has 1 heterocycles. The van der Waals surface area contributed by atoms with E-state index in [9.17, 15) is 8.42 Å². The maximum Gasteiger partial charge on any atom is 0.234 e. The number of thiazole rings is 1. The van der Waals surface area contributed by atoms with Crippen molar-refractivity contribution in [2.75, 3.05) is 0 Å². The van der Waals surface area contributed by atoms with E-state index in [1.54, 1.807) is 6.08 Å². The average Bonchev–Trinajstić information content (AvgIpc) is 3.26. The zero-order valence-electron chi connectivity index (χ0n) is 12.3. The number of nitrogens with zero attached hydrogens (tertiary/aromatic N) is 1. The van der Waals surface area contributed by atoms with Gasteiger partial charge in [0.25, 0.3) is 0 Å². The van der Waals surface area contributed by atoms with Crippen LogP contribution in [0.1, 0.15) is 35.1 Å². The molecule has 1 atom stereocenters. The summed E-state index contributed by atoms with van der Waals surface area (Å²) in [5.41, 5.74) is 1.80. The number of sulfonamides is 1. The first kappa shape index (κ1) is 15.4. The lowest BCUT2D eigenvalue weighted by molar-refractivity contribution is 0.534. The number of benzene rings is 1. The number of rotatable bonds is 6. The van der Waals surface area contributed by atoms with Crippen molar-refractivity contribution in [1.29, 1.82) is 0 Å². The lowest BCUT2D eigenvalue weighted by Gasteiger charge is -2.14. The van der Waals surface area contributed by atoms with Gasteiger partial charge in [0, 0.05) is 16.5 Å². The third-order valence-corrected chi connectivity index (χ3v) is 5.65. The van der Waals surface area contributed by atoms with Crippen LogP contribution in [0, 0.1) is 12.8 Å². The Bertz CT molecular complexity index is 762. The molecule has 1 saturated carbocycles. The van der Waals surface area contributed by atoms with Crippen molar-refractivity contribution >= 4 is 27.4 Å². The predicted octanol–water partition coefficient (Wildman–Crippen LogP) is 3.49. The highest BCUT2D eigenvalue weighted by molar-refractivity contribution is 7.92. The molecule has 0 unspecified atom stereocenters. The molecule has 0 saturated heterocycles. The highest BCUT2D eigenvalue weighted by Crippen LogP contribution is 2.42. The van der Waals surface area contributed by atoms with Gasteiger partial charge >= 0.3 is 0 Å². The van der Waals surface area contributed by atoms with Crippen LogP contribution in [0.4, 0.5) is 0 Å². The molecule has 1 aromatic carbocycles. The maximum absolute atomic E-state index is 12.3. The van der Waals surface area contributed by atoms with Crippen molar-refractivity contribution in [1.82, 2.24) is 9.71 Å². The predicted molar refractivity (Wildman–Crippen MR) is 89.8 cm³/mol. The van der Waals surface area contributed by atoms with E-state index in [1.165, 1.54) is 16.7 Å². The summed E-state index contributed by atoms with van der Waals surface area (Å²) in [6.45, 7) is 1.92. The summed E-state index contributed by atoms with van der Waals surface area (Å²) in [5.74, 6) is 0.366. The molecule has 1 aromatic heterocycles. The lowest BCUT2D eigenvalue weighted by Crippen LogP contribution is -2.28. The minimum atomic E-state index is -3.49. The smallest absolute Gasteiger partial charge is 0.234 e. The summed E-state index contributed by atoms with van der Waals surface area (Å²) in [5, 5.41) is 4.05. The van der Waals surface area contributed by atoms with Crippen molar-refractivity contribution in [2.45, 2.75) is 25.8 Å². The first-order valence-corrected chi connectivity index (χ1v) is 9.63. The molecule has 1 N–H and O–H groups in total. The zero-order valence-corrected chi connectivity index (χ0v) is 13.9. The molecule has 116 valence electrons. The largest absolute Gasteiger partial charge is 0.245 e. The maximum atomic E-state index is 12.3. The Morgan fingerprint density at radius 1 is 1.32 bits per heavy atom. The fourth-order valence-electron chi connectivity index (χ4n) is 2.24. The van der Waals surface area contributed by atoms with Gasteiger partial charge in [0.05, 0.1) is 6.04 Å². The van der Waals surface area contributed by atoms with Gasteiger partial charge in [-0.2, -0.15) is 0 Å². The van der Waals surface area contributed by atoms with Gasteiger partial charge in [-0.25, -0.2) is 18.1 Å². The van der Waals surface area contributed by atoms with Crippen LogP contribution in [0.5, 0.6) is 0 Å². The molecule has 2 aromatic rings. The third kappa shape index (κ3) is 4.03. The zero-order chi connectivity index (χ0) is 15.6. The summed E-state index contributed by atoms with van der Waals surface area (Å²) >= 11 is 1.52. The molecule has 0 spiro atoms. The van der Waals surface area contributed by atoms with Crippen molar-refractivity contribution < 1.29 is 8.42 Å². The highest BCUT2D eigenvalue weighted by atomic mass is 32.2. The van der Waals surface area contributed by atoms with Gasteiger partial charge in [-0.1, -0.05) is 30.3 Å². The van der Waals surface area contributed by atoms with Gasteiger partial charge < -0.3 is 0 Å². The topological polar surface area (TPSA) is 59.1 Å². The average molecular weight is 334 g/mol. The Balaban J connectivity index is 1.75. The van der Waals surface area contributed by atoms with Gasteiger partial charge in [-0.3, -0.25) is 0 Å². The summed E-state index contributed by atoms with van der Waals surface area (Å²) in [6, 6.07) is 9.20. The summed E-state index contributed by atoms with van der Waals surface area (Å²) < 4.78 is 27.4. The van der Waals surface area contributed by atoms with Crippen LogP contribution in [0.3, 0.4) is 0 Å². The first-order valence-electron chi connectivity index (χ1n) is 7.21. The van der Waals surface area contributed by atoms with E-state index in [0.717, 1.165) is 29.1 Å². The van der Waals surface area contributed by atoms with Crippen LogP contribution in [0.15, 0.2) is 41.1 Å². The molecule has 1 fully saturated rings. The molecule has 1 aliphatic rings. The standard InChI is InChI=1S/C16H18N2O2S2/c1-12-11-21-16(17-12)15(14-7-8-14)18-22(19,20)10-9-13-5-3-2-4-6-13/h2-6,9-11,14-15,18H,7-8H2,1H3/b10-9-/t15-/m1/s1. The monoisotopic (exact) mass is 334 g/mol. The molecule has 0 amide bonds. The third-order valence-electron chi connectivity index (χ3n) is 3.53. The Kier molecular flexibility index (Phi) is 4.42. The first-order chi connectivity index (χ1) is 10.5. The normalized spacial score (nSPS) is 17.0. The molecule has 3 rings (SSSR count). The van der Waals surface area contributed by atoms with E-state index in [0.29, 0.717) is 5.92 Å². The molecular weight excluding hydrogens is 316 g/mol.